The Hall–Kier alpha value is -3.93. The van der Waals surface area contributed by atoms with Crippen LogP contribution in [0.25, 0.3) is 0 Å². The van der Waals surface area contributed by atoms with Gasteiger partial charge in [0.2, 0.25) is 0 Å². The quantitative estimate of drug-likeness (QED) is 0.164. The maximum absolute atomic E-state index is 13.4. The second kappa shape index (κ2) is 16.7. The van der Waals surface area contributed by atoms with Gasteiger partial charge in [0.05, 0.1) is 11.8 Å². The predicted molar refractivity (Wildman–Crippen MR) is 224 cm³/mol. The van der Waals surface area contributed by atoms with Crippen molar-refractivity contribution in [1.82, 2.24) is 9.44 Å². The SMILES string of the molecule is CC(C)(C)[Si](OC1/C=C/CCNS(=O)(=O)NC(=O)c2ccc3c(c2)N(CCCCc2cc(Cl)ccc2CO3)C[C@@H]2CC[C@@H]12)(c1ccccc1)c1ccccc1. The molecule has 3 atom stereocenters. The van der Waals surface area contributed by atoms with Crippen molar-refractivity contribution in [2.45, 2.75) is 77.0 Å². The van der Waals surface area contributed by atoms with Gasteiger partial charge in [-0.3, -0.25) is 4.79 Å². The van der Waals surface area contributed by atoms with Gasteiger partial charge < -0.3 is 14.1 Å². The molecule has 11 heteroatoms. The molecule has 2 heterocycles. The Morgan fingerprint density at radius 2 is 1.62 bits per heavy atom. The van der Waals surface area contributed by atoms with Crippen LogP contribution in [0.15, 0.2) is 109 Å². The first-order valence-electron chi connectivity index (χ1n) is 19.5. The van der Waals surface area contributed by atoms with E-state index in [1.54, 1.807) is 18.2 Å². The zero-order valence-corrected chi connectivity index (χ0v) is 34.5. The van der Waals surface area contributed by atoms with Crippen LogP contribution in [0.3, 0.4) is 0 Å². The number of benzene rings is 4. The summed E-state index contributed by atoms with van der Waals surface area (Å²) in [6, 6.07) is 32.6. The lowest BCUT2D eigenvalue weighted by atomic mass is 9.70. The van der Waals surface area contributed by atoms with Crippen LogP contribution >= 0.6 is 11.6 Å². The van der Waals surface area contributed by atoms with Crippen molar-refractivity contribution in [2.24, 2.45) is 11.8 Å². The molecule has 2 N–H and O–H groups in total. The Labute approximate surface area is 332 Å². The number of amides is 1. The number of carbonyl (C=O) groups excluding carboxylic acids is 1. The van der Waals surface area contributed by atoms with E-state index in [0.29, 0.717) is 29.7 Å². The van der Waals surface area contributed by atoms with Gasteiger partial charge in [-0.2, -0.15) is 13.1 Å². The van der Waals surface area contributed by atoms with Crippen molar-refractivity contribution >= 4 is 52.1 Å². The first kappa shape index (κ1) is 39.3. The van der Waals surface area contributed by atoms with Gasteiger partial charge in [0, 0.05) is 30.2 Å². The largest absolute Gasteiger partial charge is 0.487 e. The summed E-state index contributed by atoms with van der Waals surface area (Å²) in [5.41, 5.74) is 3.29. The second-order valence-electron chi connectivity index (χ2n) is 16.1. The van der Waals surface area contributed by atoms with E-state index >= 15 is 0 Å². The zero-order valence-electron chi connectivity index (χ0n) is 32.0. The number of nitrogens with one attached hydrogen (secondary N) is 2. The van der Waals surface area contributed by atoms with E-state index in [4.69, 9.17) is 20.8 Å². The molecule has 3 aliphatic rings. The summed E-state index contributed by atoms with van der Waals surface area (Å²) in [7, 11) is -7.04. The summed E-state index contributed by atoms with van der Waals surface area (Å²) in [6.07, 6.45) is 9.28. The predicted octanol–water partition coefficient (Wildman–Crippen LogP) is 7.56. The number of carbonyl (C=O) groups is 1. The lowest BCUT2D eigenvalue weighted by Gasteiger charge is -2.50. The average Bonchev–Trinajstić information content (AvgIpc) is 3.18. The lowest BCUT2D eigenvalue weighted by molar-refractivity contribution is 0.0556. The Morgan fingerprint density at radius 1 is 0.891 bits per heavy atom. The Morgan fingerprint density at radius 3 is 2.29 bits per heavy atom. The first-order chi connectivity index (χ1) is 26.4. The highest BCUT2D eigenvalue weighted by molar-refractivity contribution is 7.88. The molecule has 0 aromatic heterocycles. The lowest BCUT2D eigenvalue weighted by Crippen LogP contribution is -2.68. The maximum atomic E-state index is 13.4. The third kappa shape index (κ3) is 8.74. The third-order valence-electron chi connectivity index (χ3n) is 11.5. The molecule has 1 amide bonds. The van der Waals surface area contributed by atoms with Crippen LogP contribution in [-0.2, 0) is 27.7 Å². The summed E-state index contributed by atoms with van der Waals surface area (Å²) in [5, 5.41) is 2.95. The standard InChI is InChI=1S/C44H52ClN3O5SSi/c1-44(2,3)55(37-15-6-4-7-16-37,38-17-8-5-9-18-38)53-41-19-10-12-26-46-54(50,51)47-43(49)33-22-25-42-40(29-33)48(30-34-21-24-39(34)41)27-13-11-14-32-28-36(45)23-20-35(32)31-52-42/h4-10,15-20,22-23,25,28-29,34,39,41,46H,11-14,21,24,26-27,30-31H2,1-3H3,(H,47,49)/b19-10+/t34-,39+,41?/m0/s1. The Bertz CT molecular complexity index is 2070. The molecule has 8 nitrogen and oxygen atoms in total. The minimum atomic E-state index is -4.11. The molecule has 4 aromatic carbocycles. The smallest absolute Gasteiger partial charge is 0.301 e. The van der Waals surface area contributed by atoms with E-state index < -0.39 is 24.4 Å². The van der Waals surface area contributed by atoms with Gasteiger partial charge in [-0.25, -0.2) is 4.72 Å². The number of anilines is 1. The number of hydrogen-bond acceptors (Lipinski definition) is 6. The normalized spacial score (nSPS) is 22.7. The number of hydrogen-bond donors (Lipinski definition) is 2. The van der Waals surface area contributed by atoms with Crippen LogP contribution in [0.2, 0.25) is 10.1 Å². The summed E-state index contributed by atoms with van der Waals surface area (Å²) in [4.78, 5) is 15.8. The first-order valence-corrected chi connectivity index (χ1v) is 23.3. The number of fused-ring (bicyclic) bond motifs is 3. The fourth-order valence-corrected chi connectivity index (χ4v) is 14.2. The van der Waals surface area contributed by atoms with Crippen molar-refractivity contribution in [3.8, 4) is 5.75 Å². The monoisotopic (exact) mass is 797 g/mol. The molecular formula is C44H52ClN3O5SSi. The van der Waals surface area contributed by atoms with E-state index in [-0.39, 0.29) is 29.2 Å². The Kier molecular flexibility index (Phi) is 11.9. The van der Waals surface area contributed by atoms with Crippen molar-refractivity contribution in [3.05, 3.63) is 131 Å². The van der Waals surface area contributed by atoms with E-state index in [9.17, 15) is 13.2 Å². The van der Waals surface area contributed by atoms with Gasteiger partial charge in [0.1, 0.15) is 12.4 Å². The number of nitrogens with zero attached hydrogens (tertiary/aromatic N) is 1. The summed E-state index contributed by atoms with van der Waals surface area (Å²) in [6.45, 7) is 8.88. The molecule has 1 unspecified atom stereocenters. The van der Waals surface area contributed by atoms with Gasteiger partial charge in [-0.15, -0.1) is 0 Å². The molecule has 55 heavy (non-hydrogen) atoms. The van der Waals surface area contributed by atoms with Crippen LogP contribution in [0.5, 0.6) is 5.75 Å². The molecule has 1 aliphatic carbocycles. The van der Waals surface area contributed by atoms with Crippen LogP contribution in [-0.4, -0.2) is 48.4 Å². The van der Waals surface area contributed by atoms with Crippen LogP contribution < -0.4 is 29.5 Å². The molecule has 290 valence electrons. The minimum absolute atomic E-state index is 0.137. The number of rotatable bonds is 4. The number of ether oxygens (including phenoxy) is 1. The van der Waals surface area contributed by atoms with Crippen LogP contribution in [0.4, 0.5) is 5.69 Å². The van der Waals surface area contributed by atoms with Crippen molar-refractivity contribution < 1.29 is 22.4 Å². The molecule has 2 bridgehead atoms. The third-order valence-corrected chi connectivity index (χ3v) is 17.8. The number of aryl methyl sites for hydroxylation is 1. The van der Waals surface area contributed by atoms with Gasteiger partial charge in [0.25, 0.3) is 14.2 Å². The average molecular weight is 799 g/mol. The fraction of sp³-hybridized carbons (Fsp3) is 0.386. The van der Waals surface area contributed by atoms with Crippen LogP contribution in [0, 0.1) is 11.8 Å². The fourth-order valence-electron chi connectivity index (χ4n) is 8.51. The van der Waals surface area contributed by atoms with Crippen molar-refractivity contribution in [2.75, 3.05) is 24.5 Å². The molecule has 1 fully saturated rings. The zero-order chi connectivity index (χ0) is 38.6. The van der Waals surface area contributed by atoms with Gasteiger partial charge in [0.15, 0.2) is 0 Å². The highest BCUT2D eigenvalue weighted by Crippen LogP contribution is 2.45. The summed E-state index contributed by atoms with van der Waals surface area (Å²) < 4.78 is 45.3. The highest BCUT2D eigenvalue weighted by atomic mass is 35.5. The summed E-state index contributed by atoms with van der Waals surface area (Å²) >= 11 is 6.42. The molecule has 7 rings (SSSR count). The highest BCUT2D eigenvalue weighted by Gasteiger charge is 2.53. The van der Waals surface area contributed by atoms with Gasteiger partial charge >= 0.3 is 10.2 Å². The summed E-state index contributed by atoms with van der Waals surface area (Å²) in [5.74, 6) is 0.499. The van der Waals surface area contributed by atoms with Crippen molar-refractivity contribution in [1.29, 1.82) is 0 Å². The Balaban J connectivity index is 1.30. The molecule has 1 saturated carbocycles. The van der Waals surface area contributed by atoms with Crippen molar-refractivity contribution in [3.63, 3.8) is 0 Å². The van der Waals surface area contributed by atoms with E-state index in [0.717, 1.165) is 56.4 Å². The second-order valence-corrected chi connectivity index (χ2v) is 22.3. The molecule has 2 aliphatic heterocycles. The molecule has 0 spiro atoms. The van der Waals surface area contributed by atoms with E-state index in [1.807, 2.05) is 24.3 Å². The van der Waals surface area contributed by atoms with Gasteiger partial charge in [-0.05, 0) is 107 Å². The molecular weight excluding hydrogens is 746 g/mol. The minimum Gasteiger partial charge on any atom is -0.487 e. The molecule has 4 aromatic rings. The van der Waals surface area contributed by atoms with Gasteiger partial charge in [-0.1, -0.05) is 111 Å². The molecule has 0 saturated heterocycles. The van der Waals surface area contributed by atoms with E-state index in [1.165, 1.54) is 15.9 Å². The number of halogens is 1. The van der Waals surface area contributed by atoms with E-state index in [2.05, 4.69) is 102 Å². The topological polar surface area (TPSA) is 97.0 Å². The maximum Gasteiger partial charge on any atom is 0.301 e. The molecule has 0 radical (unpaired) electrons. The van der Waals surface area contributed by atoms with Crippen LogP contribution in [0.1, 0.15) is 74.4 Å².